The number of carbonyl (C=O) groups is 1. The van der Waals surface area contributed by atoms with E-state index in [9.17, 15) is 17.6 Å². The second-order valence-electron chi connectivity index (χ2n) is 11.1. The summed E-state index contributed by atoms with van der Waals surface area (Å²) in [6.07, 6.45) is 6.47. The van der Waals surface area contributed by atoms with E-state index in [1.165, 1.54) is 6.07 Å². The first kappa shape index (κ1) is 27.4. The normalized spacial score (nSPS) is 19.9. The monoisotopic (exact) mass is 572 g/mol. The third kappa shape index (κ3) is 5.56. The molecule has 0 radical (unpaired) electrons. The zero-order valence-corrected chi connectivity index (χ0v) is 23.9. The van der Waals surface area contributed by atoms with Crippen molar-refractivity contribution in [3.05, 3.63) is 113 Å². The Labute approximate surface area is 240 Å². The number of benzene rings is 3. The molecule has 1 N–H and O–H groups in total. The highest BCUT2D eigenvalue weighted by atomic mass is 32.2. The maximum absolute atomic E-state index is 14.5. The molecule has 9 heteroatoms. The van der Waals surface area contributed by atoms with Crippen molar-refractivity contribution in [1.29, 1.82) is 0 Å². The largest absolute Gasteiger partial charge is 0.337 e. The van der Waals surface area contributed by atoms with Gasteiger partial charge in [-0.05, 0) is 91.1 Å². The van der Waals surface area contributed by atoms with Gasteiger partial charge in [-0.2, -0.15) is 0 Å². The number of hydrogen-bond donors (Lipinski definition) is 1. The van der Waals surface area contributed by atoms with E-state index in [1.807, 2.05) is 49.0 Å². The molecule has 0 aliphatic heterocycles. The van der Waals surface area contributed by atoms with Crippen LogP contribution in [-0.2, 0) is 34.8 Å². The predicted octanol–water partition coefficient (Wildman–Crippen LogP) is 5.56. The number of sulfonamides is 1. The summed E-state index contributed by atoms with van der Waals surface area (Å²) in [4.78, 5) is 20.4. The Morgan fingerprint density at radius 1 is 1.10 bits per heavy atom. The number of amides is 1. The number of rotatable bonds is 8. The fourth-order valence-corrected chi connectivity index (χ4v) is 7.24. The Hall–Kier alpha value is -3.82. The molecule has 3 aromatic carbocycles. The average Bonchev–Trinajstić information content (AvgIpc) is 3.65. The van der Waals surface area contributed by atoms with E-state index in [0.29, 0.717) is 24.1 Å². The third-order valence-corrected chi connectivity index (χ3v) is 9.72. The highest BCUT2D eigenvalue weighted by molar-refractivity contribution is 7.89. The zero-order valence-electron chi connectivity index (χ0n) is 23.1. The number of fused-ring (bicyclic) bond motifs is 1. The van der Waals surface area contributed by atoms with Crippen LogP contribution in [0.2, 0.25) is 0 Å². The number of nitrogens with one attached hydrogen (secondary N) is 1. The van der Waals surface area contributed by atoms with E-state index in [-0.39, 0.29) is 35.0 Å². The van der Waals surface area contributed by atoms with Gasteiger partial charge in [0.25, 0.3) is 0 Å². The van der Waals surface area contributed by atoms with Gasteiger partial charge >= 0.3 is 0 Å². The summed E-state index contributed by atoms with van der Waals surface area (Å²) in [6, 6.07) is 19.0. The molecule has 0 bridgehead atoms. The predicted molar refractivity (Wildman–Crippen MR) is 155 cm³/mol. The SMILES string of the molecule is Cc1cccc(S(=O)(=O)N[C@@H]2CCCc3ccc(N(Cc4nccn4C)C(=O)[C@H]4C[C@H]4c4ccccc4F)cc32)c1. The van der Waals surface area contributed by atoms with Gasteiger partial charge in [0.2, 0.25) is 15.9 Å². The van der Waals surface area contributed by atoms with Crippen LogP contribution in [0.15, 0.2) is 84.0 Å². The van der Waals surface area contributed by atoms with Crippen molar-refractivity contribution >= 4 is 21.6 Å². The number of anilines is 1. The summed E-state index contributed by atoms with van der Waals surface area (Å²) in [7, 11) is -1.86. The summed E-state index contributed by atoms with van der Waals surface area (Å²) >= 11 is 0. The molecule has 1 heterocycles. The van der Waals surface area contributed by atoms with Gasteiger partial charge in [-0.15, -0.1) is 0 Å². The molecule has 6 rings (SSSR count). The van der Waals surface area contributed by atoms with Gasteiger partial charge in [0.05, 0.1) is 11.4 Å². The fraction of sp³-hybridized carbons (Fsp3) is 0.312. The number of halogens is 1. The van der Waals surface area contributed by atoms with Gasteiger partial charge in [0.15, 0.2) is 0 Å². The Kier molecular flexibility index (Phi) is 7.25. The summed E-state index contributed by atoms with van der Waals surface area (Å²) in [5.74, 6) is -0.163. The molecule has 4 aromatic rings. The van der Waals surface area contributed by atoms with Crippen molar-refractivity contribution in [1.82, 2.24) is 14.3 Å². The van der Waals surface area contributed by atoms with E-state index in [0.717, 1.165) is 35.4 Å². The van der Waals surface area contributed by atoms with Crippen molar-refractivity contribution < 1.29 is 17.6 Å². The number of carbonyl (C=O) groups excluding carboxylic acids is 1. The number of imidazole rings is 1. The van der Waals surface area contributed by atoms with Crippen molar-refractivity contribution in [2.24, 2.45) is 13.0 Å². The van der Waals surface area contributed by atoms with Crippen molar-refractivity contribution in [2.45, 2.75) is 56.0 Å². The van der Waals surface area contributed by atoms with E-state index in [2.05, 4.69) is 9.71 Å². The minimum atomic E-state index is -3.75. The van der Waals surface area contributed by atoms with Crippen LogP contribution < -0.4 is 9.62 Å². The quantitative estimate of drug-likeness (QED) is 0.300. The summed E-state index contributed by atoms with van der Waals surface area (Å²) in [6.45, 7) is 2.12. The second kappa shape index (κ2) is 10.9. The number of aryl methyl sites for hydroxylation is 3. The average molecular weight is 573 g/mol. The molecule has 2 aliphatic rings. The topological polar surface area (TPSA) is 84.3 Å². The summed E-state index contributed by atoms with van der Waals surface area (Å²) in [5, 5.41) is 0. The molecule has 41 heavy (non-hydrogen) atoms. The van der Waals surface area contributed by atoms with Gasteiger partial charge < -0.3 is 9.47 Å². The molecular weight excluding hydrogens is 539 g/mol. The number of hydrogen-bond acceptors (Lipinski definition) is 4. The third-order valence-electron chi connectivity index (χ3n) is 8.25. The first-order chi connectivity index (χ1) is 19.7. The van der Waals surface area contributed by atoms with E-state index < -0.39 is 16.1 Å². The lowest BCUT2D eigenvalue weighted by Gasteiger charge is -2.29. The van der Waals surface area contributed by atoms with Crippen LogP contribution in [0.5, 0.6) is 0 Å². The van der Waals surface area contributed by atoms with Crippen LogP contribution in [0.25, 0.3) is 0 Å². The molecule has 2 aliphatic carbocycles. The first-order valence-electron chi connectivity index (χ1n) is 13.9. The van der Waals surface area contributed by atoms with Crippen LogP contribution >= 0.6 is 0 Å². The summed E-state index contributed by atoms with van der Waals surface area (Å²) in [5.41, 5.74) is 4.06. The van der Waals surface area contributed by atoms with Gasteiger partial charge in [0.1, 0.15) is 11.6 Å². The van der Waals surface area contributed by atoms with E-state index >= 15 is 0 Å². The van der Waals surface area contributed by atoms with Crippen molar-refractivity contribution in [3.63, 3.8) is 0 Å². The second-order valence-corrected chi connectivity index (χ2v) is 12.8. The Morgan fingerprint density at radius 3 is 2.68 bits per heavy atom. The van der Waals surface area contributed by atoms with Gasteiger partial charge in [-0.1, -0.05) is 36.4 Å². The first-order valence-corrected chi connectivity index (χ1v) is 15.4. The van der Waals surface area contributed by atoms with Crippen LogP contribution in [0.4, 0.5) is 10.1 Å². The minimum Gasteiger partial charge on any atom is -0.337 e. The molecule has 3 atom stereocenters. The summed E-state index contributed by atoms with van der Waals surface area (Å²) < 4.78 is 46.0. The Bertz CT molecular complexity index is 1720. The molecule has 1 aromatic heterocycles. The molecule has 0 unspecified atom stereocenters. The van der Waals surface area contributed by atoms with Crippen molar-refractivity contribution in [2.75, 3.05) is 4.90 Å². The standard InChI is InChI=1S/C32H33FN4O3S/c1-21-7-5-9-24(17-21)41(39,40)35-30-12-6-8-22-13-14-23(18-26(22)30)37(20-31-34-15-16-36(31)2)32(38)28-19-27(28)25-10-3-4-11-29(25)33/h3-5,7,9-11,13-18,27-28,30,35H,6,8,12,19-20H2,1-2H3/t27-,28-,30+/m0/s1. The molecule has 212 valence electrons. The Morgan fingerprint density at radius 2 is 1.93 bits per heavy atom. The highest BCUT2D eigenvalue weighted by Gasteiger charge is 2.47. The molecule has 1 fully saturated rings. The van der Waals surface area contributed by atoms with E-state index in [4.69, 9.17) is 0 Å². The van der Waals surface area contributed by atoms with Gasteiger partial charge in [-0.25, -0.2) is 22.5 Å². The lowest BCUT2D eigenvalue weighted by Crippen LogP contribution is -2.34. The lowest BCUT2D eigenvalue weighted by atomic mass is 9.87. The van der Waals surface area contributed by atoms with E-state index in [1.54, 1.807) is 47.5 Å². The fourth-order valence-electron chi connectivity index (χ4n) is 5.89. The highest BCUT2D eigenvalue weighted by Crippen LogP contribution is 2.50. The molecule has 7 nitrogen and oxygen atoms in total. The minimum absolute atomic E-state index is 0.0890. The molecule has 0 spiro atoms. The van der Waals surface area contributed by atoms with Gasteiger partial charge in [0, 0.05) is 37.1 Å². The maximum Gasteiger partial charge on any atom is 0.241 e. The van der Waals surface area contributed by atoms with Crippen LogP contribution in [0.3, 0.4) is 0 Å². The molecule has 0 saturated heterocycles. The van der Waals surface area contributed by atoms with Crippen LogP contribution in [0.1, 0.15) is 59.3 Å². The zero-order chi connectivity index (χ0) is 28.7. The number of aromatic nitrogens is 2. The smallest absolute Gasteiger partial charge is 0.241 e. The lowest BCUT2D eigenvalue weighted by molar-refractivity contribution is -0.120. The molecular formula is C32H33FN4O3S. The number of nitrogens with zero attached hydrogens (tertiary/aromatic N) is 3. The maximum atomic E-state index is 14.5. The van der Waals surface area contributed by atoms with Crippen LogP contribution in [0, 0.1) is 18.7 Å². The Balaban J connectivity index is 1.32. The van der Waals surface area contributed by atoms with Crippen molar-refractivity contribution in [3.8, 4) is 0 Å². The van der Waals surface area contributed by atoms with Crippen LogP contribution in [-0.4, -0.2) is 23.9 Å². The molecule has 1 amide bonds. The molecule has 1 saturated carbocycles. The van der Waals surface area contributed by atoms with Gasteiger partial charge in [-0.3, -0.25) is 4.79 Å².